The highest BCUT2D eigenvalue weighted by molar-refractivity contribution is 7.98. The molecule has 0 saturated heterocycles. The van der Waals surface area contributed by atoms with E-state index >= 15 is 0 Å². The van der Waals surface area contributed by atoms with Gasteiger partial charge in [0.1, 0.15) is 5.65 Å². The van der Waals surface area contributed by atoms with Gasteiger partial charge in [-0.2, -0.15) is 0 Å². The van der Waals surface area contributed by atoms with E-state index in [0.717, 1.165) is 21.4 Å². The third kappa shape index (κ3) is 2.37. The van der Waals surface area contributed by atoms with Crippen molar-refractivity contribution in [3.8, 4) is 0 Å². The number of rotatable bonds is 3. The second-order valence-electron chi connectivity index (χ2n) is 3.95. The average molecular weight is 275 g/mol. The molecule has 1 aromatic carbocycles. The monoisotopic (exact) mass is 274 g/mol. The maximum Gasteiger partial charge on any atom is 0.137 e. The summed E-state index contributed by atoms with van der Waals surface area (Å²) in [5.41, 5.74) is 2.23. The number of imidazole rings is 1. The van der Waals surface area contributed by atoms with Gasteiger partial charge in [-0.05, 0) is 17.7 Å². The third-order valence-corrected chi connectivity index (χ3v) is 3.96. The number of hydrogen-bond acceptors (Lipinski definition) is 2. The molecule has 0 aliphatic rings. The highest BCUT2D eigenvalue weighted by atomic mass is 35.5. The van der Waals surface area contributed by atoms with Crippen LogP contribution in [0.2, 0.25) is 5.02 Å². The summed E-state index contributed by atoms with van der Waals surface area (Å²) in [4.78, 5) is 4.36. The van der Waals surface area contributed by atoms with Gasteiger partial charge in [0.2, 0.25) is 0 Å². The number of halogens is 1. The van der Waals surface area contributed by atoms with Crippen molar-refractivity contribution in [2.24, 2.45) is 0 Å². The minimum Gasteiger partial charge on any atom is -0.293 e. The molecule has 2 heterocycles. The lowest BCUT2D eigenvalue weighted by molar-refractivity contribution is 1.05. The van der Waals surface area contributed by atoms with Gasteiger partial charge in [-0.15, -0.1) is 11.8 Å². The zero-order chi connectivity index (χ0) is 12.4. The van der Waals surface area contributed by atoms with Crippen LogP contribution in [0.5, 0.6) is 0 Å². The van der Waals surface area contributed by atoms with Crippen LogP contribution in [0.1, 0.15) is 5.56 Å². The molecule has 0 amide bonds. The smallest absolute Gasteiger partial charge is 0.137 e. The Morgan fingerprint density at radius 3 is 2.78 bits per heavy atom. The minimum absolute atomic E-state index is 0.724. The molecular weight excluding hydrogens is 264 g/mol. The summed E-state index contributed by atoms with van der Waals surface area (Å²) in [6.45, 7) is 0. The summed E-state index contributed by atoms with van der Waals surface area (Å²) < 4.78 is 2.02. The number of thioether (sulfide) groups is 1. The maximum absolute atomic E-state index is 6.01. The second-order valence-corrected chi connectivity index (χ2v) is 5.38. The molecule has 4 heteroatoms. The van der Waals surface area contributed by atoms with Crippen molar-refractivity contribution in [3.05, 3.63) is 65.4 Å². The van der Waals surface area contributed by atoms with Gasteiger partial charge in [-0.25, -0.2) is 4.98 Å². The van der Waals surface area contributed by atoms with Gasteiger partial charge in [-0.3, -0.25) is 4.40 Å². The number of nitrogens with zero attached hydrogens (tertiary/aromatic N) is 2. The zero-order valence-electron chi connectivity index (χ0n) is 9.58. The van der Waals surface area contributed by atoms with Crippen LogP contribution in [-0.2, 0) is 5.75 Å². The zero-order valence-corrected chi connectivity index (χ0v) is 11.2. The molecule has 3 aromatic rings. The number of pyridine rings is 1. The van der Waals surface area contributed by atoms with E-state index in [4.69, 9.17) is 11.6 Å². The van der Waals surface area contributed by atoms with Gasteiger partial charge in [0.05, 0.1) is 16.2 Å². The lowest BCUT2D eigenvalue weighted by atomic mass is 10.2. The van der Waals surface area contributed by atoms with Crippen LogP contribution in [0.4, 0.5) is 0 Å². The first-order chi connectivity index (χ1) is 8.83. The lowest BCUT2D eigenvalue weighted by Gasteiger charge is -2.02. The molecular formula is C14H11ClN2S. The normalized spacial score (nSPS) is 10.9. The Labute approximate surface area is 115 Å². The van der Waals surface area contributed by atoms with Gasteiger partial charge in [-0.1, -0.05) is 41.9 Å². The van der Waals surface area contributed by atoms with Gasteiger partial charge in [0.25, 0.3) is 0 Å². The van der Waals surface area contributed by atoms with Crippen molar-refractivity contribution in [1.29, 1.82) is 0 Å². The molecule has 0 saturated carbocycles. The Bertz CT molecular complexity index is 664. The van der Waals surface area contributed by atoms with Gasteiger partial charge in [0.15, 0.2) is 0 Å². The van der Waals surface area contributed by atoms with Gasteiger partial charge < -0.3 is 0 Å². The fourth-order valence-corrected chi connectivity index (χ4v) is 2.85. The molecule has 90 valence electrons. The summed E-state index contributed by atoms with van der Waals surface area (Å²) in [7, 11) is 0. The van der Waals surface area contributed by atoms with E-state index in [9.17, 15) is 0 Å². The van der Waals surface area contributed by atoms with Crippen LogP contribution in [-0.4, -0.2) is 9.38 Å². The molecule has 18 heavy (non-hydrogen) atoms. The van der Waals surface area contributed by atoms with Gasteiger partial charge >= 0.3 is 0 Å². The summed E-state index contributed by atoms with van der Waals surface area (Å²) in [5.74, 6) is 0.932. The first-order valence-electron chi connectivity index (χ1n) is 5.62. The number of aromatic nitrogens is 2. The minimum atomic E-state index is 0.724. The molecule has 0 spiro atoms. The standard InChI is InChI=1S/C14H11ClN2S/c15-12-6-7-13-16-8-14(17(13)9-12)18-10-11-4-2-1-3-5-11/h1-9H,10H2. The van der Waals surface area contributed by atoms with Crippen molar-refractivity contribution in [1.82, 2.24) is 9.38 Å². The molecule has 2 nitrogen and oxygen atoms in total. The molecule has 0 N–H and O–H groups in total. The molecule has 0 bridgehead atoms. The Kier molecular flexibility index (Phi) is 3.26. The maximum atomic E-state index is 6.01. The van der Waals surface area contributed by atoms with Crippen molar-refractivity contribution < 1.29 is 0 Å². The van der Waals surface area contributed by atoms with Crippen molar-refractivity contribution in [3.63, 3.8) is 0 Å². The first-order valence-corrected chi connectivity index (χ1v) is 6.98. The van der Waals surface area contributed by atoms with E-state index < -0.39 is 0 Å². The Hall–Kier alpha value is -1.45. The molecule has 2 aromatic heterocycles. The topological polar surface area (TPSA) is 17.3 Å². The Morgan fingerprint density at radius 2 is 1.94 bits per heavy atom. The molecule has 0 atom stereocenters. The Balaban J connectivity index is 1.85. The highest BCUT2D eigenvalue weighted by Crippen LogP contribution is 2.24. The fourth-order valence-electron chi connectivity index (χ4n) is 1.77. The summed E-state index contributed by atoms with van der Waals surface area (Å²) >= 11 is 7.77. The molecule has 0 fully saturated rings. The highest BCUT2D eigenvalue weighted by Gasteiger charge is 2.04. The van der Waals surface area contributed by atoms with E-state index in [1.54, 1.807) is 11.8 Å². The van der Waals surface area contributed by atoms with E-state index in [1.165, 1.54) is 5.56 Å². The second kappa shape index (κ2) is 5.04. The molecule has 0 aliphatic carbocycles. The van der Waals surface area contributed by atoms with Crippen molar-refractivity contribution >= 4 is 29.0 Å². The van der Waals surface area contributed by atoms with E-state index in [0.29, 0.717) is 0 Å². The molecule has 0 unspecified atom stereocenters. The predicted octanol–water partition coefficient (Wildman–Crippen LogP) is 4.28. The predicted molar refractivity (Wildman–Crippen MR) is 76.2 cm³/mol. The lowest BCUT2D eigenvalue weighted by Crippen LogP contribution is -1.87. The van der Waals surface area contributed by atoms with Crippen LogP contribution in [0.15, 0.2) is 59.9 Å². The SMILES string of the molecule is Clc1ccc2ncc(SCc3ccccc3)n2c1. The summed E-state index contributed by atoms with van der Waals surface area (Å²) in [6, 6.07) is 14.2. The quantitative estimate of drug-likeness (QED) is 0.663. The van der Waals surface area contributed by atoms with Crippen molar-refractivity contribution in [2.75, 3.05) is 0 Å². The summed E-state index contributed by atoms with van der Waals surface area (Å²) in [6.07, 6.45) is 3.79. The van der Waals surface area contributed by atoms with E-state index in [1.807, 2.05) is 35.0 Å². The number of fused-ring (bicyclic) bond motifs is 1. The number of benzene rings is 1. The van der Waals surface area contributed by atoms with Crippen LogP contribution in [0.25, 0.3) is 5.65 Å². The number of hydrogen-bond donors (Lipinski definition) is 0. The third-order valence-electron chi connectivity index (χ3n) is 2.67. The van der Waals surface area contributed by atoms with Gasteiger partial charge in [0, 0.05) is 11.9 Å². The average Bonchev–Trinajstić information content (AvgIpc) is 2.80. The van der Waals surface area contributed by atoms with Crippen LogP contribution in [0.3, 0.4) is 0 Å². The van der Waals surface area contributed by atoms with Crippen LogP contribution >= 0.6 is 23.4 Å². The van der Waals surface area contributed by atoms with E-state index in [-0.39, 0.29) is 0 Å². The molecule has 3 rings (SSSR count). The first kappa shape index (κ1) is 11.6. The van der Waals surface area contributed by atoms with Crippen LogP contribution in [0, 0.1) is 0 Å². The Morgan fingerprint density at radius 1 is 1.11 bits per heavy atom. The molecule has 0 aliphatic heterocycles. The van der Waals surface area contributed by atoms with E-state index in [2.05, 4.69) is 29.2 Å². The van der Waals surface area contributed by atoms with Crippen LogP contribution < -0.4 is 0 Å². The molecule has 0 radical (unpaired) electrons. The van der Waals surface area contributed by atoms with Crippen molar-refractivity contribution in [2.45, 2.75) is 10.8 Å². The largest absolute Gasteiger partial charge is 0.293 e. The summed E-state index contributed by atoms with van der Waals surface area (Å²) in [5, 5.41) is 1.83. The fraction of sp³-hybridized carbons (Fsp3) is 0.0714.